The molecule has 5 heteroatoms. The molecule has 0 heterocycles. The third kappa shape index (κ3) is 3.82. The molecular weight excluding hydrogens is 337 g/mol. The Kier molecular flexibility index (Phi) is 4.96. The van der Waals surface area contributed by atoms with Gasteiger partial charge in [0.2, 0.25) is 0 Å². The number of anilines is 1. The Bertz CT molecular complexity index is 673. The van der Waals surface area contributed by atoms with Crippen molar-refractivity contribution in [2.24, 2.45) is 0 Å². The average Bonchev–Trinajstić information content (AvgIpc) is 2.46. The zero-order valence-electron chi connectivity index (χ0n) is 11.7. The molecule has 21 heavy (non-hydrogen) atoms. The van der Waals surface area contributed by atoms with Crippen molar-refractivity contribution >= 4 is 27.6 Å². The van der Waals surface area contributed by atoms with Crippen LogP contribution in [0.15, 0.2) is 40.9 Å². The lowest BCUT2D eigenvalue weighted by Gasteiger charge is -2.12. The van der Waals surface area contributed by atoms with E-state index in [9.17, 15) is 9.18 Å². The Balaban J connectivity index is 2.21. The van der Waals surface area contributed by atoms with Gasteiger partial charge in [0.15, 0.2) is 0 Å². The third-order valence-corrected chi connectivity index (χ3v) is 3.80. The molecule has 2 aromatic carbocycles. The molecule has 2 aromatic rings. The predicted octanol–water partition coefficient (Wildman–Crippen LogP) is 4.30. The van der Waals surface area contributed by atoms with Gasteiger partial charge < -0.3 is 10.1 Å². The molecule has 0 amide bonds. The lowest BCUT2D eigenvalue weighted by molar-refractivity contribution is 0.0601. The minimum atomic E-state index is -0.389. The van der Waals surface area contributed by atoms with E-state index in [1.54, 1.807) is 12.1 Å². The summed E-state index contributed by atoms with van der Waals surface area (Å²) in [5.74, 6) is -0.685. The first-order valence-corrected chi connectivity index (χ1v) is 7.17. The Morgan fingerprint density at radius 3 is 2.71 bits per heavy atom. The predicted molar refractivity (Wildman–Crippen MR) is 83.9 cm³/mol. The molecule has 0 bridgehead atoms. The molecule has 0 unspecified atom stereocenters. The number of carbonyl (C=O) groups excluding carboxylic acids is 1. The molecule has 0 aliphatic rings. The Morgan fingerprint density at radius 2 is 2.05 bits per heavy atom. The molecule has 3 nitrogen and oxygen atoms in total. The number of methoxy groups -OCH3 is 1. The summed E-state index contributed by atoms with van der Waals surface area (Å²) in [5.41, 5.74) is 3.04. The zero-order valence-corrected chi connectivity index (χ0v) is 13.3. The van der Waals surface area contributed by atoms with Gasteiger partial charge in [0, 0.05) is 16.7 Å². The monoisotopic (exact) mass is 351 g/mol. The number of ether oxygens (including phenoxy) is 1. The maximum atomic E-state index is 13.1. The minimum absolute atomic E-state index is 0.295. The van der Waals surface area contributed by atoms with Gasteiger partial charge in [0.05, 0.1) is 12.7 Å². The lowest BCUT2D eigenvalue weighted by atomic mass is 10.1. The Morgan fingerprint density at radius 1 is 1.29 bits per heavy atom. The van der Waals surface area contributed by atoms with Crippen molar-refractivity contribution in [3.8, 4) is 0 Å². The van der Waals surface area contributed by atoms with E-state index in [0.717, 1.165) is 11.1 Å². The number of halogens is 2. The fourth-order valence-electron chi connectivity index (χ4n) is 1.95. The summed E-state index contributed by atoms with van der Waals surface area (Å²) in [7, 11) is 1.35. The Labute approximate surface area is 131 Å². The zero-order chi connectivity index (χ0) is 15.4. The van der Waals surface area contributed by atoms with Gasteiger partial charge in [-0.3, -0.25) is 0 Å². The van der Waals surface area contributed by atoms with Crippen molar-refractivity contribution in [1.29, 1.82) is 0 Å². The smallest absolute Gasteiger partial charge is 0.339 e. The van der Waals surface area contributed by atoms with Gasteiger partial charge in [-0.1, -0.05) is 33.6 Å². The molecule has 0 spiro atoms. The second kappa shape index (κ2) is 6.72. The fraction of sp³-hybridized carbons (Fsp3) is 0.188. The summed E-state index contributed by atoms with van der Waals surface area (Å²) >= 11 is 3.32. The first-order valence-electron chi connectivity index (χ1n) is 6.38. The summed E-state index contributed by atoms with van der Waals surface area (Å²) in [6.45, 7) is 2.38. The molecule has 0 aliphatic heterocycles. The molecule has 0 aromatic heterocycles. The Hall–Kier alpha value is -1.88. The van der Waals surface area contributed by atoms with Gasteiger partial charge in [0.1, 0.15) is 5.82 Å². The largest absolute Gasteiger partial charge is 0.465 e. The van der Waals surface area contributed by atoms with Crippen LogP contribution in [0.4, 0.5) is 10.1 Å². The van der Waals surface area contributed by atoms with Crippen LogP contribution in [-0.4, -0.2) is 13.1 Å². The van der Waals surface area contributed by atoms with Crippen molar-refractivity contribution < 1.29 is 13.9 Å². The lowest BCUT2D eigenvalue weighted by Crippen LogP contribution is -2.09. The van der Waals surface area contributed by atoms with Crippen LogP contribution in [0, 0.1) is 12.7 Å². The van der Waals surface area contributed by atoms with Crippen molar-refractivity contribution in [2.75, 3.05) is 12.4 Å². The van der Waals surface area contributed by atoms with Crippen molar-refractivity contribution in [3.05, 3.63) is 63.4 Å². The summed E-state index contributed by atoms with van der Waals surface area (Å²) in [6, 6.07) is 10.0. The maximum Gasteiger partial charge on any atom is 0.339 e. The number of benzene rings is 2. The van der Waals surface area contributed by atoms with E-state index in [-0.39, 0.29) is 11.8 Å². The first kappa shape index (κ1) is 15.5. The van der Waals surface area contributed by atoms with Gasteiger partial charge in [-0.15, -0.1) is 0 Å². The van der Waals surface area contributed by atoms with Crippen molar-refractivity contribution in [3.63, 3.8) is 0 Å². The molecule has 0 atom stereocenters. The molecule has 1 N–H and O–H groups in total. The topological polar surface area (TPSA) is 38.3 Å². The number of nitrogens with one attached hydrogen (secondary N) is 1. The summed E-state index contributed by atoms with van der Waals surface area (Å²) in [6.07, 6.45) is 0. The second-order valence-electron chi connectivity index (χ2n) is 4.63. The summed E-state index contributed by atoms with van der Waals surface area (Å²) in [4.78, 5) is 11.8. The number of carbonyl (C=O) groups is 1. The fourth-order valence-corrected chi connectivity index (χ4v) is 2.44. The highest BCUT2D eigenvalue weighted by Gasteiger charge is 2.12. The van der Waals surface area contributed by atoms with Crippen LogP contribution < -0.4 is 5.32 Å². The van der Waals surface area contributed by atoms with Crippen LogP contribution in [0.5, 0.6) is 0 Å². The highest BCUT2D eigenvalue weighted by Crippen LogP contribution is 2.22. The third-order valence-electron chi connectivity index (χ3n) is 3.06. The highest BCUT2D eigenvalue weighted by atomic mass is 79.9. The molecule has 0 radical (unpaired) electrons. The van der Waals surface area contributed by atoms with Gasteiger partial charge in [-0.05, 0) is 36.8 Å². The molecule has 0 saturated carbocycles. The number of rotatable bonds is 4. The quantitative estimate of drug-likeness (QED) is 0.834. The molecule has 0 saturated heterocycles. The van der Waals surface area contributed by atoms with E-state index in [0.29, 0.717) is 22.3 Å². The van der Waals surface area contributed by atoms with E-state index in [4.69, 9.17) is 4.74 Å². The van der Waals surface area contributed by atoms with Crippen LogP contribution in [0.25, 0.3) is 0 Å². The summed E-state index contributed by atoms with van der Waals surface area (Å²) < 4.78 is 18.5. The van der Waals surface area contributed by atoms with Gasteiger partial charge >= 0.3 is 5.97 Å². The SMILES string of the molecule is COC(=O)c1cc(C)ccc1NCc1ccc(F)cc1Br. The molecule has 110 valence electrons. The second-order valence-corrected chi connectivity index (χ2v) is 5.48. The highest BCUT2D eigenvalue weighted by molar-refractivity contribution is 9.10. The van der Waals surface area contributed by atoms with Crippen LogP contribution in [-0.2, 0) is 11.3 Å². The van der Waals surface area contributed by atoms with E-state index >= 15 is 0 Å². The molecule has 0 fully saturated rings. The van der Waals surface area contributed by atoms with Crippen molar-refractivity contribution in [2.45, 2.75) is 13.5 Å². The van der Waals surface area contributed by atoms with Gasteiger partial charge in [0.25, 0.3) is 0 Å². The standard InChI is InChI=1S/C16H15BrFNO2/c1-10-3-6-15(13(7-10)16(20)21-2)19-9-11-4-5-12(18)8-14(11)17/h3-8,19H,9H2,1-2H3. The molecule has 0 aliphatic carbocycles. The average molecular weight is 352 g/mol. The van der Waals surface area contributed by atoms with Gasteiger partial charge in [-0.2, -0.15) is 0 Å². The van der Waals surface area contributed by atoms with Crippen LogP contribution in [0.3, 0.4) is 0 Å². The molecule has 2 rings (SSSR count). The van der Waals surface area contributed by atoms with Crippen LogP contribution in [0.1, 0.15) is 21.5 Å². The number of aryl methyl sites for hydroxylation is 1. The minimum Gasteiger partial charge on any atom is -0.465 e. The number of hydrogen-bond acceptors (Lipinski definition) is 3. The van der Waals surface area contributed by atoms with E-state index < -0.39 is 0 Å². The normalized spacial score (nSPS) is 10.3. The summed E-state index contributed by atoms with van der Waals surface area (Å²) in [5, 5.41) is 3.18. The number of hydrogen-bond donors (Lipinski definition) is 1. The molecular formula is C16H15BrFNO2. The first-order chi connectivity index (χ1) is 10.0. The van der Waals surface area contributed by atoms with Crippen molar-refractivity contribution in [1.82, 2.24) is 0 Å². The number of esters is 1. The van der Waals surface area contributed by atoms with Crippen LogP contribution in [0.2, 0.25) is 0 Å². The van der Waals surface area contributed by atoms with Gasteiger partial charge in [-0.25, -0.2) is 9.18 Å². The van der Waals surface area contributed by atoms with E-state index in [2.05, 4.69) is 21.2 Å². The van der Waals surface area contributed by atoms with Crippen LogP contribution >= 0.6 is 15.9 Å². The van der Waals surface area contributed by atoms with E-state index in [1.165, 1.54) is 19.2 Å². The maximum absolute atomic E-state index is 13.1. The van der Waals surface area contributed by atoms with E-state index in [1.807, 2.05) is 19.1 Å².